The molecule has 0 bridgehead atoms. The average Bonchev–Trinajstić information content (AvgIpc) is 3.43. The number of carbonyl (C=O) groups excluding carboxylic acids is 1. The second-order valence-corrected chi connectivity index (χ2v) is 11.1. The van der Waals surface area contributed by atoms with Gasteiger partial charge in [-0.15, -0.1) is 0 Å². The molecule has 3 aromatic rings. The fraction of sp³-hybridized carbons (Fsp3) is 0.414. The Hall–Kier alpha value is -3.62. The number of amides is 1. The summed E-state index contributed by atoms with van der Waals surface area (Å²) in [5, 5.41) is 20.3. The molecule has 2 aromatic carbocycles. The summed E-state index contributed by atoms with van der Waals surface area (Å²) in [5.74, 6) is 0.226. The molecule has 1 saturated heterocycles. The molecular weight excluding hydrogens is 595 g/mol. The van der Waals surface area contributed by atoms with Crippen molar-refractivity contribution in [3.8, 4) is 5.75 Å². The highest BCUT2D eigenvalue weighted by molar-refractivity contribution is 7.32. The molecule has 5 rings (SSSR count). The second kappa shape index (κ2) is 13.6. The van der Waals surface area contributed by atoms with E-state index in [-0.39, 0.29) is 31.5 Å². The minimum atomic E-state index is -3.49. The predicted octanol–water partition coefficient (Wildman–Crippen LogP) is 1.40. The Morgan fingerprint density at radius 3 is 2.57 bits per heavy atom. The highest BCUT2D eigenvalue weighted by atomic mass is 31.1. The standard InChI is InChI=1S/C29H35N4O10P/c1-2-13-33-26(36)20-6-3-4-7-21(20)29(33,41-16-5-15-34)18-8-10-19(11-9-18)40-17-22-25(43-44(38)39)24(35)27(42-22)32-14-12-23(30)31-28(32)37/h3-4,6-12,14,22,24-25,27,34-35,44H,2,5,13,15-17H2,1H3,(H,38,39)(H2,30,31,37)/t22-,24-,25-,27-,29?/m1/s1. The molecule has 14 nitrogen and oxygen atoms in total. The molecule has 5 N–H and O–H groups in total. The molecule has 0 spiro atoms. The summed E-state index contributed by atoms with van der Waals surface area (Å²) in [7, 11) is -3.49. The number of ether oxygens (including phenoxy) is 3. The van der Waals surface area contributed by atoms with Crippen LogP contribution in [0.4, 0.5) is 5.82 Å². The van der Waals surface area contributed by atoms with Crippen LogP contribution in [0.1, 0.15) is 47.5 Å². The Morgan fingerprint density at radius 2 is 1.89 bits per heavy atom. The van der Waals surface area contributed by atoms with Crippen molar-refractivity contribution in [2.45, 2.75) is 50.0 Å². The summed E-state index contributed by atoms with van der Waals surface area (Å²) in [4.78, 5) is 40.6. The molecule has 0 saturated carbocycles. The van der Waals surface area contributed by atoms with Crippen LogP contribution in [0.25, 0.3) is 0 Å². The normalized spacial score (nSPS) is 25.3. The van der Waals surface area contributed by atoms with E-state index in [4.69, 9.17) is 24.5 Å². The number of aliphatic hydroxyl groups excluding tert-OH is 2. The molecule has 0 aliphatic carbocycles. The number of hydrogen-bond donors (Lipinski definition) is 4. The van der Waals surface area contributed by atoms with Gasteiger partial charge >= 0.3 is 13.9 Å². The van der Waals surface area contributed by atoms with E-state index in [1.54, 1.807) is 41.3 Å². The first-order chi connectivity index (χ1) is 21.2. The van der Waals surface area contributed by atoms with E-state index < -0.39 is 44.2 Å². The number of rotatable bonds is 13. The highest BCUT2D eigenvalue weighted by Crippen LogP contribution is 2.46. The van der Waals surface area contributed by atoms with Gasteiger partial charge in [-0.05, 0) is 37.1 Å². The van der Waals surface area contributed by atoms with Crippen LogP contribution in [0.15, 0.2) is 65.6 Å². The number of hydrogen-bond acceptors (Lipinski definition) is 11. The molecule has 1 aromatic heterocycles. The van der Waals surface area contributed by atoms with E-state index in [2.05, 4.69) is 4.98 Å². The topological polar surface area (TPSA) is 196 Å². The molecule has 0 radical (unpaired) electrons. The third-order valence-corrected chi connectivity index (χ3v) is 8.01. The lowest BCUT2D eigenvalue weighted by molar-refractivity contribution is -0.110. The zero-order chi connectivity index (χ0) is 31.4. The monoisotopic (exact) mass is 630 g/mol. The SMILES string of the molecule is CCCN1C(=O)c2ccccc2C1(OCCCO)c1ccc(OC[C@H]2O[C@@H](n3ccc(N)nc3=O)[C@H](O)[C@@H]2O[PH](=O)O)cc1. The van der Waals surface area contributed by atoms with Crippen molar-refractivity contribution in [1.82, 2.24) is 14.5 Å². The molecule has 1 amide bonds. The van der Waals surface area contributed by atoms with Crippen molar-refractivity contribution in [3.63, 3.8) is 0 Å². The Labute approximate surface area is 253 Å². The molecule has 2 unspecified atom stereocenters. The molecular formula is C29H35N4O10P. The third kappa shape index (κ3) is 6.02. The number of nitrogens with two attached hydrogens (primary N) is 1. The largest absolute Gasteiger partial charge is 0.491 e. The lowest BCUT2D eigenvalue weighted by Crippen LogP contribution is -2.47. The Kier molecular flexibility index (Phi) is 9.81. The minimum absolute atomic E-state index is 0.0147. The minimum Gasteiger partial charge on any atom is -0.491 e. The van der Waals surface area contributed by atoms with Gasteiger partial charge in [0.05, 0.1) is 6.61 Å². The van der Waals surface area contributed by atoms with Gasteiger partial charge in [-0.3, -0.25) is 13.9 Å². The molecule has 44 heavy (non-hydrogen) atoms. The molecule has 1 fully saturated rings. The molecule has 236 valence electrons. The lowest BCUT2D eigenvalue weighted by Gasteiger charge is -2.39. The quantitative estimate of drug-likeness (QED) is 0.157. The Bertz CT molecular complexity index is 1550. The predicted molar refractivity (Wildman–Crippen MR) is 157 cm³/mol. The Morgan fingerprint density at radius 1 is 1.14 bits per heavy atom. The van der Waals surface area contributed by atoms with Crippen molar-refractivity contribution in [2.75, 3.05) is 32.1 Å². The molecule has 2 aliphatic rings. The zero-order valence-corrected chi connectivity index (χ0v) is 24.9. The summed E-state index contributed by atoms with van der Waals surface area (Å²) in [6, 6.07) is 15.6. The number of aliphatic hydroxyl groups is 2. The average molecular weight is 631 g/mol. The first kappa shape index (κ1) is 31.8. The van der Waals surface area contributed by atoms with Crippen molar-refractivity contribution < 1.29 is 43.2 Å². The van der Waals surface area contributed by atoms with Gasteiger partial charge in [0.15, 0.2) is 12.0 Å². The number of anilines is 1. The fourth-order valence-corrected chi connectivity index (χ4v) is 6.16. The van der Waals surface area contributed by atoms with Crippen molar-refractivity contribution in [1.29, 1.82) is 0 Å². The first-order valence-corrected chi connectivity index (χ1v) is 15.4. The van der Waals surface area contributed by atoms with E-state index in [0.29, 0.717) is 41.8 Å². The molecule has 15 heteroatoms. The smallest absolute Gasteiger partial charge is 0.351 e. The molecule has 2 aliphatic heterocycles. The van der Waals surface area contributed by atoms with Gasteiger partial charge < -0.3 is 44.5 Å². The maximum Gasteiger partial charge on any atom is 0.351 e. The van der Waals surface area contributed by atoms with Crippen molar-refractivity contribution in [3.05, 3.63) is 88.0 Å². The maximum atomic E-state index is 13.5. The zero-order valence-electron chi connectivity index (χ0n) is 23.9. The van der Waals surface area contributed by atoms with Gasteiger partial charge in [0.1, 0.15) is 36.5 Å². The fourth-order valence-electron chi connectivity index (χ4n) is 5.64. The van der Waals surface area contributed by atoms with Crippen LogP contribution in [-0.2, 0) is 24.3 Å². The van der Waals surface area contributed by atoms with Gasteiger partial charge in [-0.25, -0.2) is 4.79 Å². The summed E-state index contributed by atoms with van der Waals surface area (Å²) in [6.07, 6.45) is -2.70. The summed E-state index contributed by atoms with van der Waals surface area (Å²) in [6.45, 7) is 2.36. The van der Waals surface area contributed by atoms with Crippen molar-refractivity contribution >= 4 is 20.0 Å². The van der Waals surface area contributed by atoms with Crippen LogP contribution >= 0.6 is 8.25 Å². The number of nitrogen functional groups attached to an aromatic ring is 1. The van der Waals surface area contributed by atoms with Gasteiger partial charge in [-0.2, -0.15) is 4.98 Å². The first-order valence-electron chi connectivity index (χ1n) is 14.2. The van der Waals surface area contributed by atoms with E-state index >= 15 is 0 Å². The van der Waals surface area contributed by atoms with E-state index in [1.165, 1.54) is 12.3 Å². The highest BCUT2D eigenvalue weighted by Gasteiger charge is 2.52. The number of carbonyl (C=O) groups is 1. The van der Waals surface area contributed by atoms with Crippen molar-refractivity contribution in [2.24, 2.45) is 0 Å². The van der Waals surface area contributed by atoms with Crippen LogP contribution in [0, 0.1) is 0 Å². The van der Waals surface area contributed by atoms with Crippen LogP contribution in [0.5, 0.6) is 5.75 Å². The van der Waals surface area contributed by atoms with Gasteiger partial charge in [-0.1, -0.05) is 37.3 Å². The number of nitrogens with zero attached hydrogens (tertiary/aromatic N) is 3. The lowest BCUT2D eigenvalue weighted by atomic mass is 9.93. The van der Waals surface area contributed by atoms with Gasteiger partial charge in [0.2, 0.25) is 0 Å². The maximum absolute atomic E-state index is 13.5. The summed E-state index contributed by atoms with van der Waals surface area (Å²) < 4.78 is 35.9. The second-order valence-electron chi connectivity index (χ2n) is 10.4. The van der Waals surface area contributed by atoms with Gasteiger partial charge in [0.25, 0.3) is 5.91 Å². The molecule has 3 heterocycles. The van der Waals surface area contributed by atoms with Crippen LogP contribution in [0.3, 0.4) is 0 Å². The van der Waals surface area contributed by atoms with E-state index in [1.807, 2.05) is 19.1 Å². The third-order valence-electron chi connectivity index (χ3n) is 7.54. The summed E-state index contributed by atoms with van der Waals surface area (Å²) in [5.41, 5.74) is 5.49. The Balaban J connectivity index is 1.39. The van der Waals surface area contributed by atoms with Crippen LogP contribution in [-0.4, -0.2) is 80.1 Å². The number of benzene rings is 2. The van der Waals surface area contributed by atoms with Gasteiger partial charge in [0, 0.05) is 36.0 Å². The van der Waals surface area contributed by atoms with E-state index in [9.17, 15) is 29.3 Å². The number of aromatic nitrogens is 2. The summed E-state index contributed by atoms with van der Waals surface area (Å²) >= 11 is 0. The number of fused-ring (bicyclic) bond motifs is 1. The van der Waals surface area contributed by atoms with E-state index in [0.717, 1.165) is 4.57 Å². The van der Waals surface area contributed by atoms with Crippen LogP contribution < -0.4 is 16.2 Å². The van der Waals surface area contributed by atoms with Crippen LogP contribution in [0.2, 0.25) is 0 Å². The molecule has 6 atom stereocenters.